The van der Waals surface area contributed by atoms with E-state index in [4.69, 9.17) is 9.63 Å². The molecule has 0 atom stereocenters. The number of carboxylic acid groups (broad SMARTS) is 1. The summed E-state index contributed by atoms with van der Waals surface area (Å²) >= 11 is 0. The Bertz CT molecular complexity index is 527. The summed E-state index contributed by atoms with van der Waals surface area (Å²) in [4.78, 5) is 10.9. The summed E-state index contributed by atoms with van der Waals surface area (Å²) in [5.41, 5.74) is 1.46. The first-order valence-corrected chi connectivity index (χ1v) is 4.76. The van der Waals surface area contributed by atoms with Gasteiger partial charge in [-0.15, -0.1) is 0 Å². The third-order valence-corrected chi connectivity index (χ3v) is 2.42. The third-order valence-electron chi connectivity index (χ3n) is 2.42. The number of carboxylic acids is 1. The van der Waals surface area contributed by atoms with E-state index in [-0.39, 0.29) is 5.69 Å². The van der Waals surface area contributed by atoms with Gasteiger partial charge in [0.25, 0.3) is 0 Å². The number of hydrogen-bond acceptors (Lipinski definition) is 4. The Balaban J connectivity index is 2.38. The molecule has 0 saturated heterocycles. The highest BCUT2D eigenvalue weighted by molar-refractivity contribution is 5.87. The molecule has 16 heavy (non-hydrogen) atoms. The van der Waals surface area contributed by atoms with Gasteiger partial charge in [0.1, 0.15) is 5.76 Å². The fourth-order valence-electron chi connectivity index (χ4n) is 1.46. The van der Waals surface area contributed by atoms with Crippen molar-refractivity contribution in [3.8, 4) is 0 Å². The fourth-order valence-corrected chi connectivity index (χ4v) is 1.46. The van der Waals surface area contributed by atoms with Gasteiger partial charge in [-0.05, 0) is 19.9 Å². The molecule has 0 aromatic carbocycles. The van der Waals surface area contributed by atoms with E-state index in [0.717, 1.165) is 5.69 Å². The molecule has 0 aliphatic carbocycles. The third kappa shape index (κ3) is 1.69. The van der Waals surface area contributed by atoms with Gasteiger partial charge < -0.3 is 9.63 Å². The number of aryl methyl sites for hydroxylation is 2. The number of carbonyl (C=O) groups is 1. The summed E-state index contributed by atoms with van der Waals surface area (Å²) in [6, 6.07) is 1.85. The summed E-state index contributed by atoms with van der Waals surface area (Å²) in [6.45, 7) is 3.94. The standard InChI is InChI=1S/C10H11N3O3/c1-6-3-4-11-13(6)5-8-7(2)16-12-9(8)10(14)15/h3-4H,5H2,1-2H3,(H,14,15). The minimum absolute atomic E-state index is 0.0487. The number of aromatic nitrogens is 3. The Morgan fingerprint density at radius 2 is 2.31 bits per heavy atom. The molecule has 6 nitrogen and oxygen atoms in total. The molecule has 2 aromatic rings. The first kappa shape index (κ1) is 10.4. The van der Waals surface area contributed by atoms with Gasteiger partial charge in [-0.2, -0.15) is 5.10 Å². The minimum Gasteiger partial charge on any atom is -0.476 e. The average molecular weight is 221 g/mol. The SMILES string of the molecule is Cc1onc(C(=O)O)c1Cn1nccc1C. The second kappa shape index (κ2) is 3.80. The van der Waals surface area contributed by atoms with Crippen molar-refractivity contribution < 1.29 is 14.4 Å². The van der Waals surface area contributed by atoms with Gasteiger partial charge in [0.15, 0.2) is 5.69 Å². The minimum atomic E-state index is -1.09. The Morgan fingerprint density at radius 1 is 1.56 bits per heavy atom. The monoisotopic (exact) mass is 221 g/mol. The maximum atomic E-state index is 10.9. The Morgan fingerprint density at radius 3 is 2.88 bits per heavy atom. The Hall–Kier alpha value is -2.11. The van der Waals surface area contributed by atoms with E-state index in [9.17, 15) is 4.79 Å². The Labute approximate surface area is 91.5 Å². The van der Waals surface area contributed by atoms with Gasteiger partial charge in [0.05, 0.1) is 12.1 Å². The lowest BCUT2D eigenvalue weighted by atomic mass is 10.2. The van der Waals surface area contributed by atoms with Crippen LogP contribution < -0.4 is 0 Å². The van der Waals surface area contributed by atoms with Crippen LogP contribution in [0.2, 0.25) is 0 Å². The zero-order valence-electron chi connectivity index (χ0n) is 8.97. The van der Waals surface area contributed by atoms with Crippen LogP contribution in [-0.4, -0.2) is 26.0 Å². The molecule has 0 bridgehead atoms. The molecule has 0 amide bonds. The van der Waals surface area contributed by atoms with Crippen molar-refractivity contribution >= 4 is 5.97 Å². The second-order valence-electron chi connectivity index (χ2n) is 3.50. The molecule has 2 heterocycles. The van der Waals surface area contributed by atoms with E-state index in [2.05, 4.69) is 10.3 Å². The molecule has 84 valence electrons. The van der Waals surface area contributed by atoms with Crippen LogP contribution in [0, 0.1) is 13.8 Å². The maximum absolute atomic E-state index is 10.9. The molecule has 0 aliphatic heterocycles. The zero-order valence-corrected chi connectivity index (χ0v) is 8.97. The van der Waals surface area contributed by atoms with E-state index in [1.807, 2.05) is 13.0 Å². The summed E-state index contributed by atoms with van der Waals surface area (Å²) < 4.78 is 6.57. The van der Waals surface area contributed by atoms with Gasteiger partial charge in [-0.25, -0.2) is 4.79 Å². The van der Waals surface area contributed by atoms with Crippen molar-refractivity contribution in [2.24, 2.45) is 0 Å². The van der Waals surface area contributed by atoms with Crippen LogP contribution in [0.1, 0.15) is 27.5 Å². The lowest BCUT2D eigenvalue weighted by molar-refractivity contribution is 0.0684. The highest BCUT2D eigenvalue weighted by Gasteiger charge is 2.19. The highest BCUT2D eigenvalue weighted by Crippen LogP contribution is 2.15. The number of nitrogens with zero attached hydrogens (tertiary/aromatic N) is 3. The maximum Gasteiger partial charge on any atom is 0.358 e. The van der Waals surface area contributed by atoms with Crippen molar-refractivity contribution in [2.45, 2.75) is 20.4 Å². The van der Waals surface area contributed by atoms with E-state index in [1.165, 1.54) is 0 Å². The summed E-state index contributed by atoms with van der Waals surface area (Å²) in [5.74, 6) is -0.580. The molecule has 1 N–H and O–H groups in total. The van der Waals surface area contributed by atoms with Gasteiger partial charge in [-0.1, -0.05) is 5.16 Å². The number of hydrogen-bond donors (Lipinski definition) is 1. The number of aromatic carboxylic acids is 1. The highest BCUT2D eigenvalue weighted by atomic mass is 16.5. The largest absolute Gasteiger partial charge is 0.476 e. The van der Waals surface area contributed by atoms with Gasteiger partial charge >= 0.3 is 5.97 Å². The van der Waals surface area contributed by atoms with Crippen LogP contribution >= 0.6 is 0 Å². The summed E-state index contributed by atoms with van der Waals surface area (Å²) in [5, 5.41) is 16.5. The van der Waals surface area contributed by atoms with E-state index < -0.39 is 5.97 Å². The quantitative estimate of drug-likeness (QED) is 0.843. The molecular formula is C10H11N3O3. The first-order valence-electron chi connectivity index (χ1n) is 4.76. The van der Waals surface area contributed by atoms with Crippen molar-refractivity contribution in [3.05, 3.63) is 35.0 Å². The predicted molar refractivity (Wildman–Crippen MR) is 54.3 cm³/mol. The smallest absolute Gasteiger partial charge is 0.358 e. The summed E-state index contributed by atoms with van der Waals surface area (Å²) in [7, 11) is 0. The number of rotatable bonds is 3. The molecule has 0 unspecified atom stereocenters. The van der Waals surface area contributed by atoms with E-state index in [1.54, 1.807) is 17.8 Å². The van der Waals surface area contributed by atoms with E-state index >= 15 is 0 Å². The van der Waals surface area contributed by atoms with Crippen LogP contribution in [0.25, 0.3) is 0 Å². The van der Waals surface area contributed by atoms with Crippen molar-refractivity contribution in [1.82, 2.24) is 14.9 Å². The van der Waals surface area contributed by atoms with Crippen LogP contribution in [0.15, 0.2) is 16.8 Å². The van der Waals surface area contributed by atoms with Crippen molar-refractivity contribution in [3.63, 3.8) is 0 Å². The molecule has 0 fully saturated rings. The lowest BCUT2D eigenvalue weighted by Crippen LogP contribution is -2.09. The van der Waals surface area contributed by atoms with Crippen LogP contribution in [0.5, 0.6) is 0 Å². The molecule has 0 radical (unpaired) electrons. The predicted octanol–water partition coefficient (Wildman–Crippen LogP) is 1.23. The molecule has 6 heteroatoms. The summed E-state index contributed by atoms with van der Waals surface area (Å²) in [6.07, 6.45) is 1.67. The van der Waals surface area contributed by atoms with Gasteiger partial charge in [0, 0.05) is 11.9 Å². The molecular weight excluding hydrogens is 210 g/mol. The lowest BCUT2D eigenvalue weighted by Gasteiger charge is -2.03. The average Bonchev–Trinajstić information content (AvgIpc) is 2.76. The van der Waals surface area contributed by atoms with Crippen LogP contribution in [0.3, 0.4) is 0 Å². The Kier molecular flexibility index (Phi) is 2.47. The normalized spacial score (nSPS) is 10.6. The molecule has 0 aliphatic rings. The molecule has 2 rings (SSSR count). The fraction of sp³-hybridized carbons (Fsp3) is 0.300. The van der Waals surface area contributed by atoms with E-state index in [0.29, 0.717) is 17.9 Å². The molecule has 0 saturated carbocycles. The topological polar surface area (TPSA) is 81.1 Å². The van der Waals surface area contributed by atoms with Crippen molar-refractivity contribution in [2.75, 3.05) is 0 Å². The molecule has 2 aromatic heterocycles. The zero-order chi connectivity index (χ0) is 11.7. The first-order chi connectivity index (χ1) is 7.59. The van der Waals surface area contributed by atoms with Crippen LogP contribution in [0.4, 0.5) is 0 Å². The second-order valence-corrected chi connectivity index (χ2v) is 3.50. The van der Waals surface area contributed by atoms with Crippen LogP contribution in [-0.2, 0) is 6.54 Å². The van der Waals surface area contributed by atoms with Crippen molar-refractivity contribution in [1.29, 1.82) is 0 Å². The van der Waals surface area contributed by atoms with Gasteiger partial charge in [0.2, 0.25) is 0 Å². The molecule has 0 spiro atoms. The van der Waals surface area contributed by atoms with Gasteiger partial charge in [-0.3, -0.25) is 4.68 Å².